The van der Waals surface area contributed by atoms with Gasteiger partial charge in [0.1, 0.15) is 0 Å². The van der Waals surface area contributed by atoms with Gasteiger partial charge >= 0.3 is 0 Å². The summed E-state index contributed by atoms with van der Waals surface area (Å²) in [5.41, 5.74) is 10.2. The average Bonchev–Trinajstić information content (AvgIpc) is 2.45. The van der Waals surface area contributed by atoms with Gasteiger partial charge in [0.15, 0.2) is 0 Å². The fourth-order valence-electron chi connectivity index (χ4n) is 2.77. The van der Waals surface area contributed by atoms with E-state index in [9.17, 15) is 4.79 Å². The summed E-state index contributed by atoms with van der Waals surface area (Å²) in [7, 11) is 0. The first-order chi connectivity index (χ1) is 10.1. The Morgan fingerprint density at radius 3 is 2.81 bits per heavy atom. The lowest BCUT2D eigenvalue weighted by Crippen LogP contribution is -2.35. The van der Waals surface area contributed by atoms with Crippen molar-refractivity contribution in [2.45, 2.75) is 19.8 Å². The maximum Gasteiger partial charge on any atom is 0.259 e. The molecule has 0 aliphatic carbocycles. The van der Waals surface area contributed by atoms with Gasteiger partial charge in [0.25, 0.3) is 5.91 Å². The zero-order chi connectivity index (χ0) is 15.0. The number of rotatable bonds is 1. The number of nitrogens with two attached hydrogens (primary N) is 1. The SMILES string of the molecule is Cc1ccc(C(=O)N2CCCc3cc(N)ccc32)c(Cl)c1. The molecule has 2 aromatic rings. The molecule has 0 unspecified atom stereocenters. The van der Waals surface area contributed by atoms with E-state index in [1.807, 2.05) is 37.3 Å². The van der Waals surface area contributed by atoms with Crippen LogP contribution in [0.15, 0.2) is 36.4 Å². The topological polar surface area (TPSA) is 46.3 Å². The van der Waals surface area contributed by atoms with E-state index in [0.29, 0.717) is 17.1 Å². The Bertz CT molecular complexity index is 712. The molecular weight excluding hydrogens is 284 g/mol. The minimum Gasteiger partial charge on any atom is -0.399 e. The molecule has 0 radical (unpaired) electrons. The van der Waals surface area contributed by atoms with Gasteiger partial charge in [-0.1, -0.05) is 17.7 Å². The molecule has 0 fully saturated rings. The first-order valence-corrected chi connectivity index (χ1v) is 7.40. The minimum atomic E-state index is -0.0503. The van der Waals surface area contributed by atoms with E-state index >= 15 is 0 Å². The van der Waals surface area contributed by atoms with Gasteiger partial charge in [-0.15, -0.1) is 0 Å². The largest absolute Gasteiger partial charge is 0.399 e. The molecule has 2 N–H and O–H groups in total. The number of halogens is 1. The number of nitrogens with zero attached hydrogens (tertiary/aromatic N) is 1. The molecule has 1 amide bonds. The van der Waals surface area contributed by atoms with Gasteiger partial charge in [-0.3, -0.25) is 4.79 Å². The molecule has 0 bridgehead atoms. The average molecular weight is 301 g/mol. The van der Waals surface area contributed by atoms with Crippen LogP contribution in [0.2, 0.25) is 5.02 Å². The second-order valence-electron chi connectivity index (χ2n) is 5.43. The highest BCUT2D eigenvalue weighted by atomic mass is 35.5. The molecule has 21 heavy (non-hydrogen) atoms. The molecule has 0 atom stereocenters. The van der Waals surface area contributed by atoms with Crippen LogP contribution in [0.1, 0.15) is 27.9 Å². The Morgan fingerprint density at radius 1 is 1.24 bits per heavy atom. The van der Waals surface area contributed by atoms with Crippen molar-refractivity contribution in [2.24, 2.45) is 0 Å². The monoisotopic (exact) mass is 300 g/mol. The van der Waals surface area contributed by atoms with Crippen molar-refractivity contribution >= 4 is 28.9 Å². The highest BCUT2D eigenvalue weighted by Crippen LogP contribution is 2.31. The third-order valence-electron chi connectivity index (χ3n) is 3.82. The van der Waals surface area contributed by atoms with Crippen LogP contribution in [0, 0.1) is 6.92 Å². The Morgan fingerprint density at radius 2 is 2.05 bits per heavy atom. The number of nitrogen functional groups attached to an aromatic ring is 1. The van der Waals surface area contributed by atoms with Crippen LogP contribution in [0.3, 0.4) is 0 Å². The number of aryl methyl sites for hydroxylation is 2. The molecule has 0 saturated carbocycles. The molecule has 1 aliphatic heterocycles. The van der Waals surface area contributed by atoms with Gasteiger partial charge in [-0.25, -0.2) is 0 Å². The van der Waals surface area contributed by atoms with Gasteiger partial charge in [-0.05, 0) is 61.2 Å². The normalized spacial score (nSPS) is 13.9. The Kier molecular flexibility index (Phi) is 3.60. The molecule has 3 nitrogen and oxygen atoms in total. The number of anilines is 2. The lowest BCUT2D eigenvalue weighted by atomic mass is 10.00. The zero-order valence-electron chi connectivity index (χ0n) is 11.9. The fraction of sp³-hybridized carbons (Fsp3) is 0.235. The molecule has 1 aliphatic rings. The summed E-state index contributed by atoms with van der Waals surface area (Å²) < 4.78 is 0. The summed E-state index contributed by atoms with van der Waals surface area (Å²) in [6, 6.07) is 11.2. The first kappa shape index (κ1) is 14.0. The van der Waals surface area contributed by atoms with E-state index in [1.165, 1.54) is 0 Å². The standard InChI is InChI=1S/C17H17ClN2O/c1-11-4-6-14(15(18)9-11)17(21)20-8-2-3-12-10-13(19)5-7-16(12)20/h4-7,9-10H,2-3,8,19H2,1H3. The smallest absolute Gasteiger partial charge is 0.259 e. The second-order valence-corrected chi connectivity index (χ2v) is 5.84. The molecule has 108 valence electrons. The van der Waals surface area contributed by atoms with Crippen molar-refractivity contribution in [1.82, 2.24) is 0 Å². The summed E-state index contributed by atoms with van der Waals surface area (Å²) in [5, 5.41) is 0.502. The lowest BCUT2D eigenvalue weighted by molar-refractivity contribution is 0.0985. The molecular formula is C17H17ClN2O. The number of amides is 1. The van der Waals surface area contributed by atoms with Gasteiger partial charge < -0.3 is 10.6 Å². The van der Waals surface area contributed by atoms with Crippen LogP contribution < -0.4 is 10.6 Å². The van der Waals surface area contributed by atoms with E-state index in [2.05, 4.69) is 0 Å². The van der Waals surface area contributed by atoms with Crippen LogP contribution in [0.25, 0.3) is 0 Å². The van der Waals surface area contributed by atoms with Crippen LogP contribution in [-0.2, 0) is 6.42 Å². The number of benzene rings is 2. The van der Waals surface area contributed by atoms with Crippen molar-refractivity contribution < 1.29 is 4.79 Å². The number of fused-ring (bicyclic) bond motifs is 1. The third-order valence-corrected chi connectivity index (χ3v) is 4.14. The fourth-order valence-corrected chi connectivity index (χ4v) is 3.08. The molecule has 0 aromatic heterocycles. The van der Waals surface area contributed by atoms with Gasteiger partial charge in [-0.2, -0.15) is 0 Å². The highest BCUT2D eigenvalue weighted by Gasteiger charge is 2.25. The van der Waals surface area contributed by atoms with Crippen molar-refractivity contribution in [2.75, 3.05) is 17.2 Å². The van der Waals surface area contributed by atoms with Crippen molar-refractivity contribution in [3.8, 4) is 0 Å². The Labute approximate surface area is 129 Å². The molecule has 1 heterocycles. The predicted octanol–water partition coefficient (Wildman–Crippen LogP) is 3.82. The van der Waals surface area contributed by atoms with Crippen LogP contribution in [-0.4, -0.2) is 12.5 Å². The van der Waals surface area contributed by atoms with Crippen LogP contribution in [0.4, 0.5) is 11.4 Å². The maximum atomic E-state index is 12.8. The van der Waals surface area contributed by atoms with Gasteiger partial charge in [0, 0.05) is 17.9 Å². The second kappa shape index (κ2) is 5.41. The minimum absolute atomic E-state index is 0.0503. The molecule has 0 spiro atoms. The Balaban J connectivity index is 2.00. The summed E-state index contributed by atoms with van der Waals surface area (Å²) >= 11 is 6.23. The third kappa shape index (κ3) is 2.61. The van der Waals surface area contributed by atoms with Gasteiger partial charge in [0.05, 0.1) is 10.6 Å². The zero-order valence-corrected chi connectivity index (χ0v) is 12.7. The summed E-state index contributed by atoms with van der Waals surface area (Å²) in [5.74, 6) is -0.0503. The summed E-state index contributed by atoms with van der Waals surface area (Å²) in [4.78, 5) is 14.6. The summed E-state index contributed by atoms with van der Waals surface area (Å²) in [6.45, 7) is 2.67. The summed E-state index contributed by atoms with van der Waals surface area (Å²) in [6.07, 6.45) is 1.89. The van der Waals surface area contributed by atoms with Crippen molar-refractivity contribution in [3.05, 3.63) is 58.1 Å². The number of hydrogen-bond donors (Lipinski definition) is 1. The predicted molar refractivity (Wildman–Crippen MR) is 87.0 cm³/mol. The number of hydrogen-bond acceptors (Lipinski definition) is 2. The van der Waals surface area contributed by atoms with E-state index in [4.69, 9.17) is 17.3 Å². The van der Waals surface area contributed by atoms with Gasteiger partial charge in [0.2, 0.25) is 0 Å². The molecule has 2 aromatic carbocycles. The lowest BCUT2D eigenvalue weighted by Gasteiger charge is -2.30. The molecule has 3 rings (SSSR count). The number of carbonyl (C=O) groups excluding carboxylic acids is 1. The van der Waals surface area contributed by atoms with Crippen molar-refractivity contribution in [3.63, 3.8) is 0 Å². The first-order valence-electron chi connectivity index (χ1n) is 7.02. The van der Waals surface area contributed by atoms with Crippen LogP contribution >= 0.6 is 11.6 Å². The molecule has 0 saturated heterocycles. The quantitative estimate of drug-likeness (QED) is 0.814. The molecule has 4 heteroatoms. The van der Waals surface area contributed by atoms with E-state index < -0.39 is 0 Å². The number of carbonyl (C=O) groups is 1. The Hall–Kier alpha value is -2.00. The van der Waals surface area contributed by atoms with Crippen molar-refractivity contribution in [1.29, 1.82) is 0 Å². The highest BCUT2D eigenvalue weighted by molar-refractivity contribution is 6.34. The maximum absolute atomic E-state index is 12.8. The van der Waals surface area contributed by atoms with E-state index in [-0.39, 0.29) is 5.91 Å². The van der Waals surface area contributed by atoms with Crippen LogP contribution in [0.5, 0.6) is 0 Å². The van der Waals surface area contributed by atoms with E-state index in [1.54, 1.807) is 11.0 Å². The van der Waals surface area contributed by atoms with E-state index in [0.717, 1.165) is 35.3 Å².